The maximum Gasteiger partial charge on any atom is 0.315 e. The summed E-state index contributed by atoms with van der Waals surface area (Å²) in [7, 11) is 0. The zero-order valence-corrected chi connectivity index (χ0v) is 12.0. The Morgan fingerprint density at radius 2 is 2.39 bits per heavy atom. The predicted octanol–water partition coefficient (Wildman–Crippen LogP) is 1.72. The molecule has 0 aliphatic carbocycles. The van der Waals surface area contributed by atoms with E-state index in [1.54, 1.807) is 23.1 Å². The fourth-order valence-corrected chi connectivity index (χ4v) is 3.93. The summed E-state index contributed by atoms with van der Waals surface area (Å²) >= 11 is 3.36. The van der Waals surface area contributed by atoms with Gasteiger partial charge in [0.1, 0.15) is 0 Å². The average molecular weight is 286 g/mol. The van der Waals surface area contributed by atoms with Gasteiger partial charge in [0.25, 0.3) is 0 Å². The zero-order valence-electron chi connectivity index (χ0n) is 10.4. The number of nitrogens with one attached hydrogen (secondary N) is 2. The van der Waals surface area contributed by atoms with Crippen LogP contribution < -0.4 is 10.6 Å². The molecule has 0 aromatic carbocycles. The molecule has 100 valence electrons. The highest BCUT2D eigenvalue weighted by atomic mass is 32.2. The first-order valence-corrected chi connectivity index (χ1v) is 7.97. The van der Waals surface area contributed by atoms with Gasteiger partial charge in [0, 0.05) is 17.2 Å². The van der Waals surface area contributed by atoms with Crippen LogP contribution in [0.3, 0.4) is 0 Å². The molecule has 18 heavy (non-hydrogen) atoms. The third kappa shape index (κ3) is 3.63. The van der Waals surface area contributed by atoms with E-state index in [-0.39, 0.29) is 6.03 Å². The highest BCUT2D eigenvalue weighted by molar-refractivity contribution is 7.99. The van der Waals surface area contributed by atoms with Crippen LogP contribution in [0.15, 0.2) is 11.4 Å². The maximum atomic E-state index is 11.6. The minimum Gasteiger partial charge on any atom is -0.387 e. The minimum absolute atomic E-state index is 0.215. The molecule has 3 N–H and O–H groups in total. The second-order valence-electron chi connectivity index (χ2n) is 4.59. The number of rotatable bonds is 4. The molecule has 6 heteroatoms. The summed E-state index contributed by atoms with van der Waals surface area (Å²) in [5, 5.41) is 17.6. The van der Waals surface area contributed by atoms with Crippen molar-refractivity contribution in [2.24, 2.45) is 0 Å². The molecule has 1 saturated heterocycles. The number of amides is 2. The third-order valence-corrected chi connectivity index (χ3v) is 5.30. The summed E-state index contributed by atoms with van der Waals surface area (Å²) in [5.41, 5.74) is 0.479. The summed E-state index contributed by atoms with van der Waals surface area (Å²) in [6.45, 7) is 2.90. The molecule has 1 unspecified atom stereocenters. The van der Waals surface area contributed by atoms with Gasteiger partial charge in [0.05, 0.1) is 12.1 Å². The average Bonchev–Trinajstić information content (AvgIpc) is 2.94. The number of aryl methyl sites for hydroxylation is 1. The van der Waals surface area contributed by atoms with Crippen LogP contribution in [0.1, 0.15) is 16.9 Å². The number of carbonyl (C=O) groups excluding carboxylic acids is 1. The van der Waals surface area contributed by atoms with Crippen LogP contribution in [-0.2, 0) is 6.54 Å². The number of aliphatic hydroxyl groups is 1. The quantitative estimate of drug-likeness (QED) is 0.790. The second-order valence-corrected chi connectivity index (χ2v) is 6.70. The fraction of sp³-hybridized carbons (Fsp3) is 0.583. The largest absolute Gasteiger partial charge is 0.387 e. The van der Waals surface area contributed by atoms with Crippen molar-refractivity contribution in [3.05, 3.63) is 21.9 Å². The molecule has 1 aliphatic heterocycles. The molecule has 1 aromatic heterocycles. The Morgan fingerprint density at radius 1 is 1.56 bits per heavy atom. The van der Waals surface area contributed by atoms with Crippen LogP contribution in [0.5, 0.6) is 0 Å². The molecule has 1 aromatic rings. The van der Waals surface area contributed by atoms with Gasteiger partial charge in [-0.05, 0) is 36.1 Å². The van der Waals surface area contributed by atoms with Gasteiger partial charge < -0.3 is 15.7 Å². The van der Waals surface area contributed by atoms with Gasteiger partial charge in [-0.25, -0.2) is 4.79 Å². The molecular formula is C12H18N2O2S2. The van der Waals surface area contributed by atoms with Crippen LogP contribution in [0, 0.1) is 6.92 Å². The Kier molecular flexibility index (Phi) is 4.53. The Labute approximate surface area is 115 Å². The van der Waals surface area contributed by atoms with Crippen molar-refractivity contribution >= 4 is 29.1 Å². The van der Waals surface area contributed by atoms with E-state index in [0.717, 1.165) is 12.2 Å². The van der Waals surface area contributed by atoms with Crippen LogP contribution in [0.4, 0.5) is 4.79 Å². The molecule has 0 radical (unpaired) electrons. The summed E-state index contributed by atoms with van der Waals surface area (Å²) in [5.74, 6) is 1.67. The van der Waals surface area contributed by atoms with Crippen LogP contribution in [-0.4, -0.2) is 34.8 Å². The van der Waals surface area contributed by atoms with Crippen molar-refractivity contribution in [3.8, 4) is 0 Å². The maximum absolute atomic E-state index is 11.6. The van der Waals surface area contributed by atoms with Gasteiger partial charge in [-0.1, -0.05) is 0 Å². The lowest BCUT2D eigenvalue weighted by Gasteiger charge is -2.21. The number of thiophene rings is 1. The standard InChI is InChI=1S/C12H18N2O2S2/c1-9-2-4-18-10(9)6-13-11(15)14-7-12(16)3-5-17-8-12/h2,4,16H,3,5-8H2,1H3,(H2,13,14,15). The molecular weight excluding hydrogens is 268 g/mol. The first kappa shape index (κ1) is 13.7. The van der Waals surface area contributed by atoms with E-state index in [2.05, 4.69) is 10.6 Å². The molecule has 1 fully saturated rings. The Balaban J connectivity index is 1.71. The van der Waals surface area contributed by atoms with E-state index in [0.29, 0.717) is 18.8 Å². The summed E-state index contributed by atoms with van der Waals surface area (Å²) < 4.78 is 0. The molecule has 0 spiro atoms. The lowest BCUT2D eigenvalue weighted by Crippen LogP contribution is -2.46. The van der Waals surface area contributed by atoms with Crippen molar-refractivity contribution in [1.29, 1.82) is 0 Å². The zero-order chi connectivity index (χ0) is 13.0. The molecule has 4 nitrogen and oxygen atoms in total. The van der Waals surface area contributed by atoms with Crippen molar-refractivity contribution in [1.82, 2.24) is 10.6 Å². The predicted molar refractivity (Wildman–Crippen MR) is 76.2 cm³/mol. The molecule has 2 amide bonds. The van der Waals surface area contributed by atoms with Gasteiger partial charge in [0.15, 0.2) is 0 Å². The van der Waals surface area contributed by atoms with E-state index in [9.17, 15) is 9.90 Å². The number of urea groups is 1. The van der Waals surface area contributed by atoms with Gasteiger partial charge >= 0.3 is 6.03 Å². The van der Waals surface area contributed by atoms with E-state index >= 15 is 0 Å². The normalized spacial score (nSPS) is 23.0. The molecule has 0 saturated carbocycles. The Hall–Kier alpha value is -0.720. The van der Waals surface area contributed by atoms with Crippen molar-refractivity contribution in [2.75, 3.05) is 18.1 Å². The van der Waals surface area contributed by atoms with Crippen LogP contribution in [0.2, 0.25) is 0 Å². The molecule has 1 aliphatic rings. The van der Waals surface area contributed by atoms with Crippen molar-refractivity contribution < 1.29 is 9.90 Å². The fourth-order valence-electron chi connectivity index (χ4n) is 1.79. The Morgan fingerprint density at radius 3 is 3.00 bits per heavy atom. The smallest absolute Gasteiger partial charge is 0.315 e. The molecule has 2 heterocycles. The summed E-state index contributed by atoms with van der Waals surface area (Å²) in [4.78, 5) is 12.8. The number of carbonyl (C=O) groups is 1. The number of hydrogen-bond acceptors (Lipinski definition) is 4. The van der Waals surface area contributed by atoms with E-state index in [4.69, 9.17) is 0 Å². The third-order valence-electron chi connectivity index (χ3n) is 3.04. The van der Waals surface area contributed by atoms with Gasteiger partial charge in [-0.3, -0.25) is 0 Å². The number of thioether (sulfide) groups is 1. The molecule has 0 bridgehead atoms. The van der Waals surface area contributed by atoms with E-state index < -0.39 is 5.60 Å². The first-order valence-electron chi connectivity index (χ1n) is 5.94. The topological polar surface area (TPSA) is 61.4 Å². The SMILES string of the molecule is Cc1ccsc1CNC(=O)NCC1(O)CCSC1. The highest BCUT2D eigenvalue weighted by Crippen LogP contribution is 2.26. The molecule has 1 atom stereocenters. The van der Waals surface area contributed by atoms with Crippen molar-refractivity contribution in [3.63, 3.8) is 0 Å². The van der Waals surface area contributed by atoms with Crippen LogP contribution in [0.25, 0.3) is 0 Å². The Bertz CT molecular complexity index is 414. The first-order chi connectivity index (χ1) is 8.59. The lowest BCUT2D eigenvalue weighted by molar-refractivity contribution is 0.0700. The summed E-state index contributed by atoms with van der Waals surface area (Å²) in [6, 6.07) is 1.83. The summed E-state index contributed by atoms with van der Waals surface area (Å²) in [6.07, 6.45) is 0.752. The van der Waals surface area contributed by atoms with Gasteiger partial charge in [-0.2, -0.15) is 11.8 Å². The monoisotopic (exact) mass is 286 g/mol. The van der Waals surface area contributed by atoms with E-state index in [1.807, 2.05) is 18.4 Å². The molecule has 2 rings (SSSR count). The lowest BCUT2D eigenvalue weighted by atomic mass is 10.0. The minimum atomic E-state index is -0.721. The van der Waals surface area contributed by atoms with Gasteiger partial charge in [0.2, 0.25) is 0 Å². The number of hydrogen-bond donors (Lipinski definition) is 3. The highest BCUT2D eigenvalue weighted by Gasteiger charge is 2.31. The van der Waals surface area contributed by atoms with Gasteiger partial charge in [-0.15, -0.1) is 11.3 Å². The van der Waals surface area contributed by atoms with Crippen molar-refractivity contribution in [2.45, 2.75) is 25.5 Å². The second kappa shape index (κ2) is 5.95. The van der Waals surface area contributed by atoms with E-state index in [1.165, 1.54) is 10.4 Å². The van der Waals surface area contributed by atoms with Crippen LogP contribution >= 0.6 is 23.1 Å².